The lowest BCUT2D eigenvalue weighted by Crippen LogP contribution is -2.28. The molecule has 1 fully saturated rings. The second kappa shape index (κ2) is 4.77. The maximum atomic E-state index is 10.9. The van der Waals surface area contributed by atoms with Crippen LogP contribution in [0.15, 0.2) is 11.3 Å². The van der Waals surface area contributed by atoms with Crippen LogP contribution in [0.2, 0.25) is 0 Å². The fourth-order valence-corrected chi connectivity index (χ4v) is 1.64. The molecule has 0 aromatic rings. The van der Waals surface area contributed by atoms with Crippen molar-refractivity contribution < 1.29 is 19.4 Å². The molecule has 1 rings (SSSR count). The Labute approximate surface area is 89.9 Å². The van der Waals surface area contributed by atoms with E-state index in [2.05, 4.69) is 0 Å². The molecule has 0 aromatic heterocycles. The summed E-state index contributed by atoms with van der Waals surface area (Å²) in [6.07, 6.45) is 1.51. The van der Waals surface area contributed by atoms with Crippen molar-refractivity contribution in [3.8, 4) is 0 Å². The van der Waals surface area contributed by atoms with E-state index in [9.17, 15) is 9.90 Å². The number of hydrogen-bond acceptors (Lipinski definition) is 4. The van der Waals surface area contributed by atoms with E-state index < -0.39 is 5.60 Å². The molecule has 1 atom stereocenters. The van der Waals surface area contributed by atoms with Crippen molar-refractivity contribution in [1.82, 2.24) is 0 Å². The zero-order valence-electron chi connectivity index (χ0n) is 9.50. The van der Waals surface area contributed by atoms with E-state index in [1.807, 2.05) is 6.92 Å². The Hall–Kier alpha value is -0.870. The average Bonchev–Trinajstić information content (AvgIpc) is 2.43. The number of carbonyl (C=O) groups is 1. The van der Waals surface area contributed by atoms with Crippen LogP contribution in [0.1, 0.15) is 33.6 Å². The first kappa shape index (κ1) is 12.2. The van der Waals surface area contributed by atoms with Crippen LogP contribution in [0.25, 0.3) is 0 Å². The smallest absolute Gasteiger partial charge is 0.307 e. The number of carbonyl (C=O) groups excluding carboxylic acids is 1. The second-order valence-corrected chi connectivity index (χ2v) is 4.01. The van der Waals surface area contributed by atoms with Crippen LogP contribution >= 0.6 is 0 Å². The van der Waals surface area contributed by atoms with Gasteiger partial charge in [0.2, 0.25) is 0 Å². The van der Waals surface area contributed by atoms with E-state index in [-0.39, 0.29) is 12.6 Å². The van der Waals surface area contributed by atoms with Gasteiger partial charge >= 0.3 is 5.97 Å². The highest BCUT2D eigenvalue weighted by atomic mass is 16.5. The summed E-state index contributed by atoms with van der Waals surface area (Å²) >= 11 is 0. The monoisotopic (exact) mass is 214 g/mol. The molecule has 0 saturated carbocycles. The number of hydrogen-bond donors (Lipinski definition) is 1. The van der Waals surface area contributed by atoms with Crippen molar-refractivity contribution in [1.29, 1.82) is 0 Å². The van der Waals surface area contributed by atoms with E-state index in [1.165, 1.54) is 6.92 Å². The molecule has 15 heavy (non-hydrogen) atoms. The fraction of sp³-hybridized carbons (Fsp3) is 0.727. The van der Waals surface area contributed by atoms with Gasteiger partial charge in [0.1, 0.15) is 11.4 Å². The van der Waals surface area contributed by atoms with Gasteiger partial charge in [-0.1, -0.05) is 6.92 Å². The Morgan fingerprint density at radius 3 is 2.73 bits per heavy atom. The number of ether oxygens (including phenoxy) is 2. The molecule has 1 saturated heterocycles. The van der Waals surface area contributed by atoms with E-state index in [0.717, 1.165) is 6.42 Å². The Bertz CT molecular complexity index is 278. The molecule has 1 N–H and O–H groups in total. The first-order valence-electron chi connectivity index (χ1n) is 5.18. The van der Waals surface area contributed by atoms with E-state index >= 15 is 0 Å². The molecule has 0 aliphatic carbocycles. The molecule has 1 unspecified atom stereocenters. The maximum absolute atomic E-state index is 10.9. The van der Waals surface area contributed by atoms with Gasteiger partial charge < -0.3 is 14.6 Å². The van der Waals surface area contributed by atoms with E-state index in [4.69, 9.17) is 9.47 Å². The predicted molar refractivity (Wildman–Crippen MR) is 55.1 cm³/mol. The highest BCUT2D eigenvalue weighted by Gasteiger charge is 2.35. The van der Waals surface area contributed by atoms with Gasteiger partial charge in [0.15, 0.2) is 0 Å². The van der Waals surface area contributed by atoms with Crippen molar-refractivity contribution >= 4 is 5.97 Å². The third-order valence-corrected chi connectivity index (χ3v) is 2.36. The number of rotatable bonds is 3. The van der Waals surface area contributed by atoms with Gasteiger partial charge in [-0.2, -0.15) is 0 Å². The SMILES string of the molecule is CCC/C(OC(C)=O)=C1\COCC1(C)O. The first-order chi connectivity index (χ1) is 6.97. The molecule has 0 spiro atoms. The van der Waals surface area contributed by atoms with E-state index in [0.29, 0.717) is 24.4 Å². The van der Waals surface area contributed by atoms with Gasteiger partial charge in [0.25, 0.3) is 0 Å². The van der Waals surface area contributed by atoms with Crippen LogP contribution in [0.4, 0.5) is 0 Å². The molecular weight excluding hydrogens is 196 g/mol. The van der Waals surface area contributed by atoms with Crippen molar-refractivity contribution in [3.05, 3.63) is 11.3 Å². The molecule has 1 aliphatic rings. The fourth-order valence-electron chi connectivity index (χ4n) is 1.64. The number of aliphatic hydroxyl groups is 1. The number of allylic oxidation sites excluding steroid dienone is 1. The zero-order valence-corrected chi connectivity index (χ0v) is 9.50. The molecule has 1 heterocycles. The molecule has 4 heteroatoms. The lowest BCUT2D eigenvalue weighted by Gasteiger charge is -2.19. The molecule has 0 amide bonds. The van der Waals surface area contributed by atoms with Gasteiger partial charge in [0.05, 0.1) is 13.2 Å². The largest absolute Gasteiger partial charge is 0.431 e. The van der Waals surface area contributed by atoms with Gasteiger partial charge in [-0.3, -0.25) is 4.79 Å². The molecule has 0 aromatic carbocycles. The van der Waals surface area contributed by atoms with Crippen molar-refractivity contribution in [2.24, 2.45) is 0 Å². The van der Waals surface area contributed by atoms with Crippen LogP contribution in [0.3, 0.4) is 0 Å². The summed E-state index contributed by atoms with van der Waals surface area (Å²) < 4.78 is 10.3. The van der Waals surface area contributed by atoms with Crippen molar-refractivity contribution in [3.63, 3.8) is 0 Å². The highest BCUT2D eigenvalue weighted by molar-refractivity contribution is 5.67. The van der Waals surface area contributed by atoms with Gasteiger partial charge in [-0.05, 0) is 13.3 Å². The average molecular weight is 214 g/mol. The third kappa shape index (κ3) is 3.04. The van der Waals surface area contributed by atoms with Crippen LogP contribution in [0, 0.1) is 0 Å². The normalized spacial score (nSPS) is 29.1. The first-order valence-corrected chi connectivity index (χ1v) is 5.18. The van der Waals surface area contributed by atoms with Crippen LogP contribution < -0.4 is 0 Å². The van der Waals surface area contributed by atoms with Crippen molar-refractivity contribution in [2.45, 2.75) is 39.2 Å². The third-order valence-electron chi connectivity index (χ3n) is 2.36. The quantitative estimate of drug-likeness (QED) is 0.569. The lowest BCUT2D eigenvalue weighted by atomic mass is 9.97. The van der Waals surface area contributed by atoms with Gasteiger partial charge in [-0.25, -0.2) is 0 Å². The molecule has 86 valence electrons. The summed E-state index contributed by atoms with van der Waals surface area (Å²) in [6, 6.07) is 0. The summed E-state index contributed by atoms with van der Waals surface area (Å²) in [4.78, 5) is 10.9. The van der Waals surface area contributed by atoms with Crippen LogP contribution in [-0.4, -0.2) is 29.9 Å². The lowest BCUT2D eigenvalue weighted by molar-refractivity contribution is -0.137. The van der Waals surface area contributed by atoms with Gasteiger partial charge in [0, 0.05) is 18.9 Å². The molecule has 1 aliphatic heterocycles. The molecule has 4 nitrogen and oxygen atoms in total. The maximum Gasteiger partial charge on any atom is 0.307 e. The minimum absolute atomic E-state index is 0.261. The van der Waals surface area contributed by atoms with Crippen molar-refractivity contribution in [2.75, 3.05) is 13.2 Å². The Morgan fingerprint density at radius 2 is 2.33 bits per heavy atom. The minimum Gasteiger partial charge on any atom is -0.431 e. The molecule has 0 bridgehead atoms. The van der Waals surface area contributed by atoms with E-state index in [1.54, 1.807) is 6.92 Å². The second-order valence-electron chi connectivity index (χ2n) is 4.01. The Kier molecular flexibility index (Phi) is 3.88. The Morgan fingerprint density at radius 1 is 1.67 bits per heavy atom. The summed E-state index contributed by atoms with van der Waals surface area (Å²) in [5.41, 5.74) is -0.306. The standard InChI is InChI=1S/C11H18O4/c1-4-5-10(15-8(2)12)9-6-14-7-11(9,3)13/h13H,4-7H2,1-3H3/b10-9-. The van der Waals surface area contributed by atoms with Crippen LogP contribution in [-0.2, 0) is 14.3 Å². The van der Waals surface area contributed by atoms with Gasteiger partial charge in [-0.15, -0.1) is 0 Å². The topological polar surface area (TPSA) is 55.8 Å². The summed E-state index contributed by atoms with van der Waals surface area (Å²) in [7, 11) is 0. The summed E-state index contributed by atoms with van der Waals surface area (Å²) in [5.74, 6) is 0.209. The summed E-state index contributed by atoms with van der Waals surface area (Å²) in [5, 5.41) is 9.99. The number of esters is 1. The minimum atomic E-state index is -1.00. The summed E-state index contributed by atoms with van der Waals surface area (Å²) in [6.45, 7) is 5.64. The molecular formula is C11H18O4. The van der Waals surface area contributed by atoms with Crippen LogP contribution in [0.5, 0.6) is 0 Å². The molecule has 0 radical (unpaired) electrons. The highest BCUT2D eigenvalue weighted by Crippen LogP contribution is 2.29. The Balaban J connectivity index is 2.92. The predicted octanol–water partition coefficient (Wildman–Crippen LogP) is 1.38. The zero-order chi connectivity index (χ0) is 11.5.